The molecule has 0 heterocycles. The second kappa shape index (κ2) is 5.66. The van der Waals surface area contributed by atoms with E-state index in [2.05, 4.69) is 4.74 Å². The van der Waals surface area contributed by atoms with Crippen LogP contribution in [0.3, 0.4) is 0 Å². The molecule has 13 heavy (non-hydrogen) atoms. The Morgan fingerprint density at radius 1 is 1.08 bits per heavy atom. The molecule has 2 unspecified atom stereocenters. The zero-order valence-electron chi connectivity index (χ0n) is 7.69. The first-order valence-electron chi connectivity index (χ1n) is 4.14. The Balaban J connectivity index is 3.99. The molecule has 5 heteroatoms. The summed E-state index contributed by atoms with van der Waals surface area (Å²) in [6.45, 7) is 3.15. The monoisotopic (exact) mass is 190 g/mol. The Hall–Kier alpha value is -0.940. The van der Waals surface area contributed by atoms with Gasteiger partial charge in [0, 0.05) is 0 Å². The molecular formula is C8H14O5. The van der Waals surface area contributed by atoms with E-state index in [-0.39, 0.29) is 12.8 Å². The molecule has 0 aromatic carbocycles. The second-order valence-corrected chi connectivity index (χ2v) is 2.59. The van der Waals surface area contributed by atoms with Crippen LogP contribution in [0.4, 0.5) is 0 Å². The molecule has 0 spiro atoms. The minimum Gasteiger partial charge on any atom is -0.389 e. The van der Waals surface area contributed by atoms with Gasteiger partial charge in [-0.15, -0.1) is 0 Å². The number of hydrogen-bond acceptors (Lipinski definition) is 5. The highest BCUT2D eigenvalue weighted by molar-refractivity contribution is 5.89. The summed E-state index contributed by atoms with van der Waals surface area (Å²) >= 11 is 0. The van der Waals surface area contributed by atoms with Gasteiger partial charge in [-0.3, -0.25) is 0 Å². The van der Waals surface area contributed by atoms with Gasteiger partial charge in [-0.25, -0.2) is 9.59 Å². The lowest BCUT2D eigenvalue weighted by atomic mass is 10.2. The topological polar surface area (TPSA) is 83.8 Å². The fourth-order valence-electron chi connectivity index (χ4n) is 0.569. The van der Waals surface area contributed by atoms with E-state index in [1.165, 1.54) is 0 Å². The molecular weight excluding hydrogens is 176 g/mol. The molecule has 0 radical (unpaired) electrons. The van der Waals surface area contributed by atoms with Crippen LogP contribution in [0, 0.1) is 0 Å². The van der Waals surface area contributed by atoms with E-state index in [1.54, 1.807) is 13.8 Å². The van der Waals surface area contributed by atoms with E-state index in [0.717, 1.165) is 0 Å². The van der Waals surface area contributed by atoms with Crippen molar-refractivity contribution in [3.63, 3.8) is 0 Å². The maximum absolute atomic E-state index is 10.8. The van der Waals surface area contributed by atoms with Crippen LogP contribution in [0.5, 0.6) is 0 Å². The molecule has 0 aromatic rings. The Kier molecular flexibility index (Phi) is 5.25. The molecule has 0 saturated carbocycles. The van der Waals surface area contributed by atoms with E-state index in [0.29, 0.717) is 0 Å². The highest BCUT2D eigenvalue weighted by Gasteiger charge is 2.22. The number of esters is 2. The molecule has 76 valence electrons. The van der Waals surface area contributed by atoms with Gasteiger partial charge in [-0.05, 0) is 12.8 Å². The third-order valence-corrected chi connectivity index (χ3v) is 1.52. The predicted octanol–water partition coefficient (Wildman–Crippen LogP) is -0.402. The second-order valence-electron chi connectivity index (χ2n) is 2.59. The third kappa shape index (κ3) is 4.00. The van der Waals surface area contributed by atoms with Crippen LogP contribution in [-0.2, 0) is 14.3 Å². The quantitative estimate of drug-likeness (QED) is 0.465. The van der Waals surface area contributed by atoms with E-state index in [1.807, 2.05) is 0 Å². The van der Waals surface area contributed by atoms with Crippen LogP contribution >= 0.6 is 0 Å². The Morgan fingerprint density at radius 3 is 1.62 bits per heavy atom. The van der Waals surface area contributed by atoms with Crippen molar-refractivity contribution in [1.82, 2.24) is 0 Å². The van der Waals surface area contributed by atoms with Crippen molar-refractivity contribution in [1.29, 1.82) is 0 Å². The average Bonchev–Trinajstić information content (AvgIpc) is 2.14. The van der Waals surface area contributed by atoms with Crippen LogP contribution in [0.15, 0.2) is 0 Å². The molecule has 0 bridgehead atoms. The van der Waals surface area contributed by atoms with Crippen molar-refractivity contribution in [3.8, 4) is 0 Å². The summed E-state index contributed by atoms with van der Waals surface area (Å²) < 4.78 is 4.18. The van der Waals surface area contributed by atoms with Crippen molar-refractivity contribution in [2.45, 2.75) is 38.9 Å². The van der Waals surface area contributed by atoms with Crippen molar-refractivity contribution >= 4 is 11.9 Å². The van der Waals surface area contributed by atoms with Crippen molar-refractivity contribution in [2.24, 2.45) is 0 Å². The summed E-state index contributed by atoms with van der Waals surface area (Å²) in [6, 6.07) is 0. The lowest BCUT2D eigenvalue weighted by molar-refractivity contribution is -0.171. The van der Waals surface area contributed by atoms with Gasteiger partial charge in [0.2, 0.25) is 0 Å². The van der Waals surface area contributed by atoms with Gasteiger partial charge in [-0.1, -0.05) is 13.8 Å². The first kappa shape index (κ1) is 12.1. The molecule has 0 aromatic heterocycles. The van der Waals surface area contributed by atoms with Crippen molar-refractivity contribution in [2.75, 3.05) is 0 Å². The van der Waals surface area contributed by atoms with Crippen LogP contribution in [0.2, 0.25) is 0 Å². The Labute approximate surface area is 76.3 Å². The van der Waals surface area contributed by atoms with Gasteiger partial charge in [0.05, 0.1) is 0 Å². The molecule has 0 amide bonds. The first-order valence-corrected chi connectivity index (χ1v) is 4.14. The summed E-state index contributed by atoms with van der Waals surface area (Å²) in [7, 11) is 0. The van der Waals surface area contributed by atoms with E-state index in [4.69, 9.17) is 10.2 Å². The molecule has 0 saturated heterocycles. The van der Waals surface area contributed by atoms with Crippen LogP contribution in [0.25, 0.3) is 0 Å². The summed E-state index contributed by atoms with van der Waals surface area (Å²) in [5.41, 5.74) is 0. The number of carbonyl (C=O) groups excluding carboxylic acids is 2. The van der Waals surface area contributed by atoms with E-state index >= 15 is 0 Å². The van der Waals surface area contributed by atoms with Gasteiger partial charge < -0.3 is 14.9 Å². The van der Waals surface area contributed by atoms with Crippen molar-refractivity contribution < 1.29 is 24.5 Å². The summed E-state index contributed by atoms with van der Waals surface area (Å²) in [6.07, 6.45) is -2.25. The summed E-state index contributed by atoms with van der Waals surface area (Å²) in [4.78, 5) is 21.6. The fourth-order valence-corrected chi connectivity index (χ4v) is 0.569. The van der Waals surface area contributed by atoms with Crippen LogP contribution < -0.4 is 0 Å². The largest absolute Gasteiger partial charge is 0.389 e. The van der Waals surface area contributed by atoms with Gasteiger partial charge in [0.1, 0.15) is 0 Å². The molecule has 2 N–H and O–H groups in total. The molecule has 5 nitrogen and oxygen atoms in total. The number of aliphatic hydroxyl groups is 2. The lowest BCUT2D eigenvalue weighted by Gasteiger charge is -2.09. The fraction of sp³-hybridized carbons (Fsp3) is 0.750. The smallest absolute Gasteiger partial charge is 0.342 e. The molecule has 0 fully saturated rings. The molecule has 0 aliphatic heterocycles. The highest BCUT2D eigenvalue weighted by Crippen LogP contribution is 1.98. The molecule has 0 aliphatic rings. The number of hydrogen-bond donors (Lipinski definition) is 2. The highest BCUT2D eigenvalue weighted by atomic mass is 16.6. The first-order chi connectivity index (χ1) is 6.02. The summed E-state index contributed by atoms with van der Waals surface area (Å²) in [5.74, 6) is -2.03. The van der Waals surface area contributed by atoms with Gasteiger partial charge in [0.15, 0.2) is 12.2 Å². The van der Waals surface area contributed by atoms with Gasteiger partial charge >= 0.3 is 11.9 Å². The van der Waals surface area contributed by atoms with Crippen molar-refractivity contribution in [3.05, 3.63) is 0 Å². The Morgan fingerprint density at radius 2 is 1.38 bits per heavy atom. The van der Waals surface area contributed by atoms with Crippen LogP contribution in [-0.4, -0.2) is 34.4 Å². The minimum atomic E-state index is -1.30. The maximum Gasteiger partial charge on any atom is 0.342 e. The lowest BCUT2D eigenvalue weighted by Crippen LogP contribution is -2.30. The number of aliphatic hydroxyl groups excluding tert-OH is 2. The van der Waals surface area contributed by atoms with Gasteiger partial charge in [-0.2, -0.15) is 0 Å². The standard InChI is InChI=1S/C8H14O5/c1-3-5(9)7(11)13-8(12)6(10)4-2/h5-6,9-10H,3-4H2,1-2H3. The third-order valence-electron chi connectivity index (χ3n) is 1.52. The summed E-state index contributed by atoms with van der Waals surface area (Å²) in [5, 5.41) is 17.8. The van der Waals surface area contributed by atoms with E-state index < -0.39 is 24.1 Å². The minimum absolute atomic E-state index is 0.175. The molecule has 0 rings (SSSR count). The van der Waals surface area contributed by atoms with E-state index in [9.17, 15) is 9.59 Å². The van der Waals surface area contributed by atoms with Crippen LogP contribution in [0.1, 0.15) is 26.7 Å². The molecule has 2 atom stereocenters. The van der Waals surface area contributed by atoms with Gasteiger partial charge in [0.25, 0.3) is 0 Å². The predicted molar refractivity (Wildman–Crippen MR) is 43.7 cm³/mol. The molecule has 0 aliphatic carbocycles. The maximum atomic E-state index is 10.8. The zero-order valence-corrected chi connectivity index (χ0v) is 7.69. The average molecular weight is 190 g/mol. The number of carbonyl (C=O) groups is 2. The zero-order chi connectivity index (χ0) is 10.4. The normalized spacial score (nSPS) is 14.8. The SMILES string of the molecule is CCC(O)C(=O)OC(=O)C(O)CC. The number of ether oxygens (including phenoxy) is 1. The number of rotatable bonds is 4. The Bertz CT molecular complexity index is 169.